The molecular weight excluding hydrogens is 282 g/mol. The molecular formula is C16H11N3O3. The summed E-state index contributed by atoms with van der Waals surface area (Å²) in [6.07, 6.45) is 0. The summed E-state index contributed by atoms with van der Waals surface area (Å²) in [7, 11) is 0. The molecule has 1 heterocycles. The first-order valence-electron chi connectivity index (χ1n) is 6.56. The first-order valence-corrected chi connectivity index (χ1v) is 6.56. The number of hydrogen-bond acceptors (Lipinski definition) is 4. The van der Waals surface area contributed by atoms with Crippen molar-refractivity contribution in [3.05, 3.63) is 64.6 Å². The van der Waals surface area contributed by atoms with E-state index in [0.717, 1.165) is 0 Å². The lowest BCUT2D eigenvalue weighted by atomic mass is 10.2. The number of nitriles is 1. The summed E-state index contributed by atoms with van der Waals surface area (Å²) in [5.74, 6) is -0.999. The number of carbonyl (C=O) groups is 1. The number of fused-ring (bicyclic) bond motifs is 1. The Morgan fingerprint density at radius 2 is 1.91 bits per heavy atom. The fourth-order valence-corrected chi connectivity index (χ4v) is 2.19. The maximum absolute atomic E-state index is 12.1. The molecule has 1 aromatic heterocycles. The molecule has 0 atom stereocenters. The number of hydrogen-bond donors (Lipinski definition) is 1. The zero-order valence-electron chi connectivity index (χ0n) is 11.4. The van der Waals surface area contributed by atoms with E-state index in [1.165, 1.54) is 4.57 Å². The van der Waals surface area contributed by atoms with Gasteiger partial charge in [0.2, 0.25) is 5.91 Å². The fourth-order valence-electron chi connectivity index (χ4n) is 2.19. The Balaban J connectivity index is 1.87. The van der Waals surface area contributed by atoms with Crippen molar-refractivity contribution >= 4 is 22.7 Å². The number of nitrogens with one attached hydrogen (secondary N) is 1. The third kappa shape index (κ3) is 2.47. The van der Waals surface area contributed by atoms with E-state index in [4.69, 9.17) is 9.68 Å². The molecule has 0 aliphatic carbocycles. The van der Waals surface area contributed by atoms with Crippen molar-refractivity contribution in [1.29, 1.82) is 5.26 Å². The van der Waals surface area contributed by atoms with E-state index in [-0.39, 0.29) is 6.54 Å². The Labute approximate surface area is 125 Å². The quantitative estimate of drug-likeness (QED) is 0.801. The van der Waals surface area contributed by atoms with Crippen LogP contribution in [0.25, 0.3) is 11.1 Å². The summed E-state index contributed by atoms with van der Waals surface area (Å²) in [6, 6.07) is 15.5. The minimum atomic E-state index is -0.593. The van der Waals surface area contributed by atoms with Crippen molar-refractivity contribution in [1.82, 2.24) is 4.57 Å². The molecule has 0 saturated heterocycles. The minimum Gasteiger partial charge on any atom is -0.408 e. The van der Waals surface area contributed by atoms with Gasteiger partial charge in [0.15, 0.2) is 5.58 Å². The molecule has 108 valence electrons. The molecule has 0 saturated carbocycles. The van der Waals surface area contributed by atoms with E-state index < -0.39 is 11.7 Å². The maximum atomic E-state index is 12.1. The second-order valence-electron chi connectivity index (χ2n) is 4.63. The van der Waals surface area contributed by atoms with Crippen molar-refractivity contribution in [2.24, 2.45) is 0 Å². The normalized spacial score (nSPS) is 10.3. The molecule has 2 aromatic carbocycles. The Morgan fingerprint density at radius 3 is 2.73 bits per heavy atom. The minimum absolute atomic E-state index is 0.185. The molecule has 0 bridgehead atoms. The highest BCUT2D eigenvalue weighted by Gasteiger charge is 2.13. The van der Waals surface area contributed by atoms with E-state index in [2.05, 4.69) is 5.32 Å². The average molecular weight is 293 g/mol. The monoisotopic (exact) mass is 293 g/mol. The number of anilines is 1. The number of rotatable bonds is 3. The molecule has 3 aromatic rings. The zero-order chi connectivity index (χ0) is 15.5. The number of oxazole rings is 1. The van der Waals surface area contributed by atoms with Crippen LogP contribution in [-0.4, -0.2) is 10.5 Å². The zero-order valence-corrected chi connectivity index (χ0v) is 11.4. The van der Waals surface area contributed by atoms with Crippen molar-refractivity contribution in [3.63, 3.8) is 0 Å². The molecule has 1 N–H and O–H groups in total. The van der Waals surface area contributed by atoms with E-state index >= 15 is 0 Å². The van der Waals surface area contributed by atoms with Gasteiger partial charge in [-0.2, -0.15) is 5.26 Å². The molecule has 0 aliphatic rings. The Hall–Kier alpha value is -3.33. The van der Waals surface area contributed by atoms with Crippen LogP contribution in [-0.2, 0) is 11.3 Å². The number of amides is 1. The predicted octanol–water partition coefficient (Wildman–Crippen LogP) is 2.10. The van der Waals surface area contributed by atoms with Gasteiger partial charge in [0.1, 0.15) is 12.6 Å². The van der Waals surface area contributed by atoms with E-state index in [9.17, 15) is 9.59 Å². The molecule has 6 heteroatoms. The van der Waals surface area contributed by atoms with Gasteiger partial charge in [-0.05, 0) is 24.3 Å². The summed E-state index contributed by atoms with van der Waals surface area (Å²) in [4.78, 5) is 23.9. The second kappa shape index (κ2) is 5.58. The summed E-state index contributed by atoms with van der Waals surface area (Å²) in [5.41, 5.74) is 1.75. The van der Waals surface area contributed by atoms with Crippen LogP contribution in [0, 0.1) is 11.3 Å². The molecule has 22 heavy (non-hydrogen) atoms. The molecule has 0 radical (unpaired) electrons. The van der Waals surface area contributed by atoms with Gasteiger partial charge in [-0.3, -0.25) is 9.36 Å². The van der Waals surface area contributed by atoms with Gasteiger partial charge in [0.05, 0.1) is 16.8 Å². The van der Waals surface area contributed by atoms with E-state index in [0.29, 0.717) is 22.4 Å². The number of nitrogens with zero attached hydrogens (tertiary/aromatic N) is 2. The molecule has 3 rings (SSSR count). The summed E-state index contributed by atoms with van der Waals surface area (Å²) in [6.45, 7) is -0.185. The van der Waals surface area contributed by atoms with Crippen LogP contribution in [0.5, 0.6) is 0 Å². The second-order valence-corrected chi connectivity index (χ2v) is 4.63. The van der Waals surface area contributed by atoms with Crippen LogP contribution in [0.1, 0.15) is 5.56 Å². The lowest BCUT2D eigenvalue weighted by Gasteiger charge is -2.07. The third-order valence-electron chi connectivity index (χ3n) is 3.20. The van der Waals surface area contributed by atoms with E-state index in [1.807, 2.05) is 6.07 Å². The Kier molecular flexibility index (Phi) is 3.46. The number of para-hydroxylation sites is 3. The third-order valence-corrected chi connectivity index (χ3v) is 3.20. The van der Waals surface area contributed by atoms with Crippen LogP contribution < -0.4 is 11.1 Å². The largest absolute Gasteiger partial charge is 0.420 e. The molecule has 0 aliphatic heterocycles. The van der Waals surface area contributed by atoms with Gasteiger partial charge in [0.25, 0.3) is 0 Å². The number of carbonyl (C=O) groups excluding carboxylic acids is 1. The molecule has 0 spiro atoms. The smallest absolute Gasteiger partial charge is 0.408 e. The molecule has 0 fully saturated rings. The summed E-state index contributed by atoms with van der Waals surface area (Å²) in [5, 5.41) is 11.6. The molecule has 1 amide bonds. The van der Waals surface area contributed by atoms with Crippen LogP contribution >= 0.6 is 0 Å². The number of benzene rings is 2. The SMILES string of the molecule is N#Cc1ccccc1NC(=O)Cn1c(=O)oc2ccccc21. The van der Waals surface area contributed by atoms with Gasteiger partial charge in [-0.25, -0.2) is 4.79 Å². The highest BCUT2D eigenvalue weighted by Crippen LogP contribution is 2.15. The van der Waals surface area contributed by atoms with Crippen molar-refractivity contribution < 1.29 is 9.21 Å². The standard InChI is InChI=1S/C16H11N3O3/c17-9-11-5-1-2-6-12(11)18-15(20)10-19-13-7-3-4-8-14(13)22-16(19)21/h1-8H,10H2,(H,18,20). The number of aromatic nitrogens is 1. The van der Waals surface area contributed by atoms with Gasteiger partial charge in [0, 0.05) is 0 Å². The van der Waals surface area contributed by atoms with Crippen LogP contribution in [0.15, 0.2) is 57.7 Å². The summed E-state index contributed by atoms with van der Waals surface area (Å²) >= 11 is 0. The highest BCUT2D eigenvalue weighted by molar-refractivity contribution is 5.92. The van der Waals surface area contributed by atoms with Gasteiger partial charge in [-0.1, -0.05) is 24.3 Å². The first kappa shape index (κ1) is 13.6. The van der Waals surface area contributed by atoms with Crippen molar-refractivity contribution in [2.75, 3.05) is 5.32 Å². The van der Waals surface area contributed by atoms with Gasteiger partial charge in [-0.15, -0.1) is 0 Å². The first-order chi connectivity index (χ1) is 10.7. The predicted molar refractivity (Wildman–Crippen MR) is 80.3 cm³/mol. The van der Waals surface area contributed by atoms with Crippen LogP contribution in [0.4, 0.5) is 5.69 Å². The van der Waals surface area contributed by atoms with Gasteiger partial charge < -0.3 is 9.73 Å². The van der Waals surface area contributed by atoms with Crippen LogP contribution in [0.2, 0.25) is 0 Å². The van der Waals surface area contributed by atoms with Gasteiger partial charge >= 0.3 is 5.76 Å². The fraction of sp³-hybridized carbons (Fsp3) is 0.0625. The Bertz CT molecular complexity index is 947. The highest BCUT2D eigenvalue weighted by atomic mass is 16.4. The van der Waals surface area contributed by atoms with Crippen molar-refractivity contribution in [2.45, 2.75) is 6.54 Å². The van der Waals surface area contributed by atoms with Crippen molar-refractivity contribution in [3.8, 4) is 6.07 Å². The Morgan fingerprint density at radius 1 is 1.18 bits per heavy atom. The van der Waals surface area contributed by atoms with Crippen LogP contribution in [0.3, 0.4) is 0 Å². The molecule has 0 unspecified atom stereocenters. The topological polar surface area (TPSA) is 88.0 Å². The summed E-state index contributed by atoms with van der Waals surface area (Å²) < 4.78 is 6.32. The maximum Gasteiger partial charge on any atom is 0.420 e. The lowest BCUT2D eigenvalue weighted by molar-refractivity contribution is -0.116. The van der Waals surface area contributed by atoms with E-state index in [1.54, 1.807) is 48.5 Å². The average Bonchev–Trinajstić information content (AvgIpc) is 2.84. The molecule has 6 nitrogen and oxygen atoms in total. The lowest BCUT2D eigenvalue weighted by Crippen LogP contribution is -2.25.